The van der Waals surface area contributed by atoms with Gasteiger partial charge in [-0.2, -0.15) is 0 Å². The summed E-state index contributed by atoms with van der Waals surface area (Å²) in [5.74, 6) is 0.930. The lowest BCUT2D eigenvalue weighted by atomic mass is 10.0. The van der Waals surface area contributed by atoms with Crippen molar-refractivity contribution in [3.63, 3.8) is 0 Å². The Bertz CT molecular complexity index is 312. The molecule has 0 amide bonds. The van der Waals surface area contributed by atoms with Gasteiger partial charge in [-0.1, -0.05) is 0 Å². The highest BCUT2D eigenvalue weighted by Crippen LogP contribution is 2.21. The monoisotopic (exact) mass is 207 g/mol. The number of hydrogen-bond donors (Lipinski definition) is 1. The highest BCUT2D eigenvalue weighted by molar-refractivity contribution is 5.37. The number of hydrogen-bond acceptors (Lipinski definition) is 4. The van der Waals surface area contributed by atoms with Gasteiger partial charge < -0.3 is 10.0 Å². The first-order chi connectivity index (χ1) is 7.31. The third kappa shape index (κ3) is 2.26. The van der Waals surface area contributed by atoms with Crippen LogP contribution in [0.5, 0.6) is 0 Å². The van der Waals surface area contributed by atoms with Crippen molar-refractivity contribution < 1.29 is 5.11 Å². The first-order valence-corrected chi connectivity index (χ1v) is 5.49. The molecule has 1 N–H and O–H groups in total. The van der Waals surface area contributed by atoms with Gasteiger partial charge in [0, 0.05) is 12.6 Å². The van der Waals surface area contributed by atoms with Crippen LogP contribution in [-0.4, -0.2) is 27.7 Å². The molecule has 0 saturated carbocycles. The summed E-state index contributed by atoms with van der Waals surface area (Å²) in [6, 6.07) is 0.549. The second-order valence-corrected chi connectivity index (χ2v) is 4.06. The molecule has 0 spiro atoms. The van der Waals surface area contributed by atoms with Crippen LogP contribution in [0, 0.1) is 0 Å². The number of piperidine rings is 1. The normalized spacial score (nSPS) is 21.7. The third-order valence-electron chi connectivity index (χ3n) is 2.95. The van der Waals surface area contributed by atoms with Crippen molar-refractivity contribution in [1.29, 1.82) is 0 Å². The molecule has 1 unspecified atom stereocenters. The molecule has 0 aliphatic carbocycles. The average Bonchev–Trinajstić information content (AvgIpc) is 2.30. The van der Waals surface area contributed by atoms with Crippen molar-refractivity contribution in [3.05, 3.63) is 18.1 Å². The molecule has 0 radical (unpaired) electrons. The maximum atomic E-state index is 8.87. The van der Waals surface area contributed by atoms with Gasteiger partial charge in [-0.3, -0.25) is 4.98 Å². The lowest BCUT2D eigenvalue weighted by Crippen LogP contribution is -2.38. The van der Waals surface area contributed by atoms with E-state index in [1.807, 2.05) is 0 Å². The number of aliphatic hydroxyl groups excluding tert-OH is 1. The zero-order chi connectivity index (χ0) is 10.7. The van der Waals surface area contributed by atoms with Gasteiger partial charge in [-0.05, 0) is 26.2 Å². The Hall–Kier alpha value is -1.16. The third-order valence-corrected chi connectivity index (χ3v) is 2.95. The summed E-state index contributed by atoms with van der Waals surface area (Å²) in [4.78, 5) is 10.8. The maximum absolute atomic E-state index is 8.87. The predicted octanol–water partition coefficient (Wildman–Crippen LogP) is 1.35. The quantitative estimate of drug-likeness (QED) is 0.795. The van der Waals surface area contributed by atoms with Crippen LogP contribution in [-0.2, 0) is 6.61 Å². The summed E-state index contributed by atoms with van der Waals surface area (Å²) in [6.07, 6.45) is 7.17. The van der Waals surface area contributed by atoms with Gasteiger partial charge in [0.1, 0.15) is 5.82 Å². The van der Waals surface area contributed by atoms with Crippen LogP contribution in [0.15, 0.2) is 12.4 Å². The number of rotatable bonds is 2. The van der Waals surface area contributed by atoms with E-state index in [1.165, 1.54) is 19.3 Å². The summed E-state index contributed by atoms with van der Waals surface area (Å²) in [6.45, 7) is 3.25. The molecular formula is C11H17N3O. The molecule has 1 aliphatic rings. The van der Waals surface area contributed by atoms with Gasteiger partial charge in [0.2, 0.25) is 0 Å². The van der Waals surface area contributed by atoms with E-state index in [2.05, 4.69) is 21.8 Å². The van der Waals surface area contributed by atoms with E-state index in [4.69, 9.17) is 5.11 Å². The van der Waals surface area contributed by atoms with Gasteiger partial charge in [0.05, 0.1) is 24.7 Å². The Kier molecular flexibility index (Phi) is 3.16. The number of aliphatic hydroxyl groups is 1. The fourth-order valence-corrected chi connectivity index (χ4v) is 2.02. The number of anilines is 1. The predicted molar refractivity (Wildman–Crippen MR) is 58.6 cm³/mol. The molecule has 4 nitrogen and oxygen atoms in total. The van der Waals surface area contributed by atoms with Gasteiger partial charge in [-0.25, -0.2) is 4.98 Å². The minimum atomic E-state index is -0.0389. The molecule has 1 saturated heterocycles. The molecule has 15 heavy (non-hydrogen) atoms. The van der Waals surface area contributed by atoms with Crippen molar-refractivity contribution in [1.82, 2.24) is 9.97 Å². The van der Waals surface area contributed by atoms with E-state index >= 15 is 0 Å². The fourth-order valence-electron chi connectivity index (χ4n) is 2.02. The summed E-state index contributed by atoms with van der Waals surface area (Å²) >= 11 is 0. The smallest absolute Gasteiger partial charge is 0.147 e. The summed E-state index contributed by atoms with van der Waals surface area (Å²) < 4.78 is 0. The zero-order valence-corrected chi connectivity index (χ0v) is 9.06. The summed E-state index contributed by atoms with van der Waals surface area (Å²) in [7, 11) is 0. The van der Waals surface area contributed by atoms with E-state index in [1.54, 1.807) is 12.4 Å². The SMILES string of the molecule is CC1CCCCN1c1cnc(CO)cn1. The Morgan fingerprint density at radius 2 is 2.27 bits per heavy atom. The maximum Gasteiger partial charge on any atom is 0.147 e. The molecule has 1 atom stereocenters. The summed E-state index contributed by atoms with van der Waals surface area (Å²) in [5, 5.41) is 8.87. The lowest BCUT2D eigenvalue weighted by molar-refractivity contribution is 0.276. The molecule has 0 aromatic carbocycles. The molecule has 2 rings (SSSR count). The topological polar surface area (TPSA) is 49.2 Å². The molecule has 1 aromatic rings. The van der Waals surface area contributed by atoms with Crippen LogP contribution in [0.2, 0.25) is 0 Å². The lowest BCUT2D eigenvalue weighted by Gasteiger charge is -2.34. The highest BCUT2D eigenvalue weighted by Gasteiger charge is 2.19. The van der Waals surface area contributed by atoms with E-state index in [-0.39, 0.29) is 6.61 Å². The van der Waals surface area contributed by atoms with Crippen LogP contribution < -0.4 is 4.90 Å². The fraction of sp³-hybridized carbons (Fsp3) is 0.636. The summed E-state index contributed by atoms with van der Waals surface area (Å²) in [5.41, 5.74) is 0.628. The molecular weight excluding hydrogens is 190 g/mol. The molecule has 0 bridgehead atoms. The Morgan fingerprint density at radius 1 is 1.40 bits per heavy atom. The van der Waals surface area contributed by atoms with Crippen LogP contribution in [0.3, 0.4) is 0 Å². The van der Waals surface area contributed by atoms with Crippen LogP contribution in [0.1, 0.15) is 31.9 Å². The Morgan fingerprint density at radius 3 is 2.87 bits per heavy atom. The molecule has 82 valence electrons. The van der Waals surface area contributed by atoms with Crippen molar-refractivity contribution in [3.8, 4) is 0 Å². The minimum Gasteiger partial charge on any atom is -0.390 e. The van der Waals surface area contributed by atoms with Crippen molar-refractivity contribution in [2.24, 2.45) is 0 Å². The van der Waals surface area contributed by atoms with Crippen molar-refractivity contribution >= 4 is 5.82 Å². The van der Waals surface area contributed by atoms with Crippen molar-refractivity contribution in [2.75, 3.05) is 11.4 Å². The molecule has 1 fully saturated rings. The van der Waals surface area contributed by atoms with Crippen LogP contribution in [0.4, 0.5) is 5.82 Å². The van der Waals surface area contributed by atoms with Gasteiger partial charge >= 0.3 is 0 Å². The first kappa shape index (κ1) is 10.4. The van der Waals surface area contributed by atoms with E-state index in [0.29, 0.717) is 11.7 Å². The molecule has 1 aliphatic heterocycles. The zero-order valence-electron chi connectivity index (χ0n) is 9.06. The van der Waals surface area contributed by atoms with Gasteiger partial charge in [-0.15, -0.1) is 0 Å². The second-order valence-electron chi connectivity index (χ2n) is 4.06. The molecule has 2 heterocycles. The first-order valence-electron chi connectivity index (χ1n) is 5.49. The van der Waals surface area contributed by atoms with E-state index in [9.17, 15) is 0 Å². The second kappa shape index (κ2) is 4.57. The van der Waals surface area contributed by atoms with Crippen LogP contribution in [0.25, 0.3) is 0 Å². The van der Waals surface area contributed by atoms with Crippen LogP contribution >= 0.6 is 0 Å². The van der Waals surface area contributed by atoms with E-state index < -0.39 is 0 Å². The van der Waals surface area contributed by atoms with E-state index in [0.717, 1.165) is 12.4 Å². The standard InChI is InChI=1S/C11H17N3O/c1-9-4-2-3-5-14(9)11-7-12-10(8-15)6-13-11/h6-7,9,15H,2-5,8H2,1H3. The largest absolute Gasteiger partial charge is 0.390 e. The Balaban J connectivity index is 2.13. The van der Waals surface area contributed by atoms with Crippen molar-refractivity contribution in [2.45, 2.75) is 38.8 Å². The molecule has 4 heteroatoms. The minimum absolute atomic E-state index is 0.0389. The highest BCUT2D eigenvalue weighted by atomic mass is 16.3. The van der Waals surface area contributed by atoms with Gasteiger partial charge in [0.25, 0.3) is 0 Å². The number of nitrogens with zero attached hydrogens (tertiary/aromatic N) is 3. The number of aromatic nitrogens is 2. The average molecular weight is 207 g/mol. The Labute approximate surface area is 90.0 Å². The molecule has 1 aromatic heterocycles. The van der Waals surface area contributed by atoms with Gasteiger partial charge in [0.15, 0.2) is 0 Å².